The van der Waals surface area contributed by atoms with Crippen molar-refractivity contribution in [1.29, 1.82) is 0 Å². The van der Waals surface area contributed by atoms with Gasteiger partial charge in [-0.3, -0.25) is 4.79 Å². The van der Waals surface area contributed by atoms with Crippen molar-refractivity contribution in [3.8, 4) is 0 Å². The van der Waals surface area contributed by atoms with Gasteiger partial charge in [-0.25, -0.2) is 0 Å². The summed E-state index contributed by atoms with van der Waals surface area (Å²) in [5.74, 6) is -0.166. The highest BCUT2D eigenvalue weighted by atomic mass is 16.3. The highest BCUT2D eigenvalue weighted by molar-refractivity contribution is 5.92. The van der Waals surface area contributed by atoms with E-state index in [1.165, 1.54) is 6.08 Å². The lowest BCUT2D eigenvalue weighted by Gasteiger charge is -2.28. The summed E-state index contributed by atoms with van der Waals surface area (Å²) >= 11 is 0. The van der Waals surface area contributed by atoms with Crippen LogP contribution in [0.3, 0.4) is 0 Å². The maximum absolute atomic E-state index is 11.8. The number of hydrogen-bond donors (Lipinski definition) is 3. The molecule has 0 saturated heterocycles. The zero-order valence-corrected chi connectivity index (χ0v) is 11.5. The van der Waals surface area contributed by atoms with E-state index in [4.69, 9.17) is 10.8 Å². The number of benzene rings is 1. The molecule has 1 amide bonds. The van der Waals surface area contributed by atoms with Gasteiger partial charge in [0.25, 0.3) is 0 Å². The molecule has 4 nitrogen and oxygen atoms in total. The van der Waals surface area contributed by atoms with Crippen molar-refractivity contribution in [3.05, 3.63) is 35.9 Å². The predicted octanol–water partition coefficient (Wildman–Crippen LogP) is 1.95. The van der Waals surface area contributed by atoms with Gasteiger partial charge in [0, 0.05) is 23.9 Å². The fourth-order valence-electron chi connectivity index (χ4n) is 1.75. The van der Waals surface area contributed by atoms with E-state index in [0.29, 0.717) is 12.1 Å². The molecule has 0 heterocycles. The number of amides is 1. The van der Waals surface area contributed by atoms with Crippen LogP contribution in [0.15, 0.2) is 30.3 Å². The minimum absolute atomic E-state index is 0.0591. The molecule has 1 aromatic rings. The van der Waals surface area contributed by atoms with E-state index >= 15 is 0 Å². The largest absolute Gasteiger partial charge is 0.399 e. The van der Waals surface area contributed by atoms with Crippen molar-refractivity contribution in [2.45, 2.75) is 32.2 Å². The fraction of sp³-hybridized carbons (Fsp3) is 0.400. The van der Waals surface area contributed by atoms with Crippen molar-refractivity contribution in [2.24, 2.45) is 0 Å². The van der Waals surface area contributed by atoms with Crippen molar-refractivity contribution >= 4 is 17.7 Å². The first kappa shape index (κ1) is 15.2. The SMILES string of the molecule is CCC(C)(CCO)NC(=O)/C=C/c1cccc(N)c1. The van der Waals surface area contributed by atoms with E-state index < -0.39 is 0 Å². The molecule has 1 aromatic carbocycles. The molecular weight excluding hydrogens is 240 g/mol. The molecule has 0 bridgehead atoms. The van der Waals surface area contributed by atoms with Crippen LogP contribution >= 0.6 is 0 Å². The van der Waals surface area contributed by atoms with Crippen LogP contribution in [0.4, 0.5) is 5.69 Å². The molecule has 0 aliphatic carbocycles. The maximum Gasteiger partial charge on any atom is 0.244 e. The van der Waals surface area contributed by atoms with E-state index in [0.717, 1.165) is 12.0 Å². The van der Waals surface area contributed by atoms with Crippen molar-refractivity contribution < 1.29 is 9.90 Å². The summed E-state index contributed by atoms with van der Waals surface area (Å²) in [5, 5.41) is 11.9. The Balaban J connectivity index is 2.64. The van der Waals surface area contributed by atoms with Crippen LogP contribution in [0.1, 0.15) is 32.3 Å². The monoisotopic (exact) mass is 262 g/mol. The van der Waals surface area contributed by atoms with Gasteiger partial charge >= 0.3 is 0 Å². The van der Waals surface area contributed by atoms with E-state index in [2.05, 4.69) is 5.32 Å². The van der Waals surface area contributed by atoms with Crippen molar-refractivity contribution in [1.82, 2.24) is 5.32 Å². The second-order valence-electron chi connectivity index (χ2n) is 4.88. The van der Waals surface area contributed by atoms with Gasteiger partial charge < -0.3 is 16.2 Å². The van der Waals surface area contributed by atoms with Crippen LogP contribution in [0.5, 0.6) is 0 Å². The van der Waals surface area contributed by atoms with Crippen LogP contribution in [-0.4, -0.2) is 23.2 Å². The highest BCUT2D eigenvalue weighted by Crippen LogP contribution is 2.14. The highest BCUT2D eigenvalue weighted by Gasteiger charge is 2.22. The Hall–Kier alpha value is -1.81. The number of aliphatic hydroxyl groups excluding tert-OH is 1. The third kappa shape index (κ3) is 5.14. The summed E-state index contributed by atoms with van der Waals surface area (Å²) in [4.78, 5) is 11.8. The molecule has 0 radical (unpaired) electrons. The van der Waals surface area contributed by atoms with Gasteiger partial charge in [-0.2, -0.15) is 0 Å². The number of anilines is 1. The van der Waals surface area contributed by atoms with Gasteiger partial charge in [0.2, 0.25) is 5.91 Å². The molecule has 0 aromatic heterocycles. The van der Waals surface area contributed by atoms with Gasteiger partial charge in [0.05, 0.1) is 0 Å². The van der Waals surface area contributed by atoms with Crippen LogP contribution < -0.4 is 11.1 Å². The van der Waals surface area contributed by atoms with Gasteiger partial charge in [-0.05, 0) is 43.5 Å². The second-order valence-corrected chi connectivity index (χ2v) is 4.88. The molecule has 19 heavy (non-hydrogen) atoms. The second kappa shape index (κ2) is 6.95. The van der Waals surface area contributed by atoms with Crippen LogP contribution in [0.25, 0.3) is 6.08 Å². The Labute approximate surface area is 114 Å². The van der Waals surface area contributed by atoms with E-state index in [1.54, 1.807) is 18.2 Å². The standard InChI is InChI=1S/C15H22N2O2/c1-3-15(2,9-10-18)17-14(19)8-7-12-5-4-6-13(16)11-12/h4-8,11,18H,3,9-10,16H2,1-2H3,(H,17,19)/b8-7+. The number of hydrogen-bond acceptors (Lipinski definition) is 3. The number of nitrogens with one attached hydrogen (secondary N) is 1. The lowest BCUT2D eigenvalue weighted by atomic mass is 9.95. The summed E-state index contributed by atoms with van der Waals surface area (Å²) in [5.41, 5.74) is 6.85. The number of carbonyl (C=O) groups excluding carboxylic acids is 1. The molecule has 0 aliphatic rings. The van der Waals surface area contributed by atoms with E-state index in [9.17, 15) is 4.79 Å². The summed E-state index contributed by atoms with van der Waals surface area (Å²) in [7, 11) is 0. The molecule has 104 valence electrons. The number of nitrogens with two attached hydrogens (primary N) is 1. The summed E-state index contributed by atoms with van der Waals surface area (Å²) in [6.07, 6.45) is 4.52. The normalized spacial score (nSPS) is 14.3. The lowest BCUT2D eigenvalue weighted by Crippen LogP contribution is -2.45. The minimum atomic E-state index is -0.369. The third-order valence-electron chi connectivity index (χ3n) is 3.21. The molecule has 4 N–H and O–H groups in total. The Kier molecular flexibility index (Phi) is 5.57. The summed E-state index contributed by atoms with van der Waals surface area (Å²) in [6.45, 7) is 3.97. The van der Waals surface area contributed by atoms with Gasteiger partial charge in [-0.15, -0.1) is 0 Å². The molecule has 0 spiro atoms. The first-order chi connectivity index (χ1) is 8.99. The van der Waals surface area contributed by atoms with E-state index in [-0.39, 0.29) is 18.1 Å². The number of aliphatic hydroxyl groups is 1. The minimum Gasteiger partial charge on any atom is -0.399 e. The third-order valence-corrected chi connectivity index (χ3v) is 3.21. The molecule has 4 heteroatoms. The predicted molar refractivity (Wildman–Crippen MR) is 78.4 cm³/mol. The molecule has 1 rings (SSSR count). The van der Waals surface area contributed by atoms with Crippen LogP contribution in [0.2, 0.25) is 0 Å². The Bertz CT molecular complexity index is 457. The van der Waals surface area contributed by atoms with Crippen molar-refractivity contribution in [3.63, 3.8) is 0 Å². The topological polar surface area (TPSA) is 75.3 Å². The van der Waals surface area contributed by atoms with Gasteiger partial charge in [0.15, 0.2) is 0 Å². The van der Waals surface area contributed by atoms with E-state index in [1.807, 2.05) is 26.0 Å². The average molecular weight is 262 g/mol. The quantitative estimate of drug-likeness (QED) is 0.542. The summed E-state index contributed by atoms with van der Waals surface area (Å²) < 4.78 is 0. The van der Waals surface area contributed by atoms with Crippen LogP contribution in [-0.2, 0) is 4.79 Å². The fourth-order valence-corrected chi connectivity index (χ4v) is 1.75. The molecule has 0 saturated carbocycles. The average Bonchev–Trinajstić information content (AvgIpc) is 2.37. The number of nitrogen functional groups attached to an aromatic ring is 1. The van der Waals surface area contributed by atoms with Gasteiger partial charge in [0.1, 0.15) is 0 Å². The Morgan fingerprint density at radius 1 is 1.53 bits per heavy atom. The van der Waals surface area contributed by atoms with Gasteiger partial charge in [-0.1, -0.05) is 19.1 Å². The number of rotatable bonds is 6. The first-order valence-electron chi connectivity index (χ1n) is 6.46. The zero-order valence-electron chi connectivity index (χ0n) is 11.5. The lowest BCUT2D eigenvalue weighted by molar-refractivity contribution is -0.118. The molecule has 1 unspecified atom stereocenters. The maximum atomic E-state index is 11.8. The molecule has 0 fully saturated rings. The smallest absolute Gasteiger partial charge is 0.244 e. The number of carbonyl (C=O) groups is 1. The molecular formula is C15H22N2O2. The molecule has 1 atom stereocenters. The first-order valence-corrected chi connectivity index (χ1v) is 6.46. The Morgan fingerprint density at radius 3 is 2.84 bits per heavy atom. The van der Waals surface area contributed by atoms with Crippen LogP contribution in [0, 0.1) is 0 Å². The summed E-state index contributed by atoms with van der Waals surface area (Å²) in [6, 6.07) is 7.32. The zero-order chi connectivity index (χ0) is 14.3. The Morgan fingerprint density at radius 2 is 2.26 bits per heavy atom. The van der Waals surface area contributed by atoms with Crippen molar-refractivity contribution in [2.75, 3.05) is 12.3 Å². The molecule has 0 aliphatic heterocycles.